The van der Waals surface area contributed by atoms with E-state index in [0.717, 1.165) is 29.5 Å². The first kappa shape index (κ1) is 18.5. The molecule has 0 saturated carbocycles. The minimum absolute atomic E-state index is 0.0375. The highest BCUT2D eigenvalue weighted by atomic mass is 32.1. The molecule has 0 bridgehead atoms. The minimum atomic E-state index is -0.418. The minimum Gasteiger partial charge on any atom is -0.329 e. The number of nitrogens with zero attached hydrogens (tertiary/aromatic N) is 5. The first-order valence-electron chi connectivity index (χ1n) is 9.18. The van der Waals surface area contributed by atoms with Crippen molar-refractivity contribution in [2.45, 2.75) is 32.2 Å². The van der Waals surface area contributed by atoms with Gasteiger partial charge >= 0.3 is 5.69 Å². The van der Waals surface area contributed by atoms with Crippen LogP contribution in [0.1, 0.15) is 46.4 Å². The lowest BCUT2D eigenvalue weighted by molar-refractivity contribution is 0.0610. The maximum absolute atomic E-state index is 13.1. The molecule has 3 aromatic heterocycles. The van der Waals surface area contributed by atoms with E-state index in [-0.39, 0.29) is 17.5 Å². The van der Waals surface area contributed by atoms with Gasteiger partial charge in [-0.1, -0.05) is 0 Å². The zero-order valence-electron chi connectivity index (χ0n) is 16.0. The van der Waals surface area contributed by atoms with Crippen LogP contribution < -0.4 is 11.2 Å². The number of thiazole rings is 1. The Hall–Kier alpha value is -2.81. The predicted molar refractivity (Wildman–Crippen MR) is 107 cm³/mol. The van der Waals surface area contributed by atoms with E-state index in [0.29, 0.717) is 28.1 Å². The van der Waals surface area contributed by atoms with Crippen LogP contribution in [-0.2, 0) is 14.1 Å². The van der Waals surface area contributed by atoms with Gasteiger partial charge in [-0.25, -0.2) is 14.8 Å². The summed E-state index contributed by atoms with van der Waals surface area (Å²) in [5.74, 6) is -0.0375. The molecule has 0 aliphatic carbocycles. The van der Waals surface area contributed by atoms with Crippen LogP contribution in [0.2, 0.25) is 0 Å². The van der Waals surface area contributed by atoms with Crippen LogP contribution in [-0.4, -0.2) is 36.5 Å². The summed E-state index contributed by atoms with van der Waals surface area (Å²) in [4.78, 5) is 49.1. The van der Waals surface area contributed by atoms with E-state index >= 15 is 0 Å². The maximum atomic E-state index is 13.1. The van der Waals surface area contributed by atoms with Crippen LogP contribution in [0.3, 0.4) is 0 Å². The van der Waals surface area contributed by atoms with Crippen LogP contribution in [0.5, 0.6) is 0 Å². The number of fused-ring (bicyclic) bond motifs is 1. The summed E-state index contributed by atoms with van der Waals surface area (Å²) >= 11 is 1.35. The highest BCUT2D eigenvalue weighted by Crippen LogP contribution is 2.32. The third-order valence-corrected chi connectivity index (χ3v) is 6.28. The number of pyridine rings is 1. The molecule has 28 heavy (non-hydrogen) atoms. The van der Waals surface area contributed by atoms with Crippen molar-refractivity contribution in [3.05, 3.63) is 54.7 Å². The molecule has 1 fully saturated rings. The molecular formula is C19H21N5O3S. The Bertz CT molecular complexity index is 1190. The van der Waals surface area contributed by atoms with E-state index in [9.17, 15) is 14.4 Å². The van der Waals surface area contributed by atoms with Crippen LogP contribution >= 0.6 is 11.3 Å². The summed E-state index contributed by atoms with van der Waals surface area (Å²) in [6.07, 6.45) is 2.72. The van der Waals surface area contributed by atoms with E-state index in [2.05, 4.69) is 9.97 Å². The van der Waals surface area contributed by atoms with Crippen LogP contribution in [0.15, 0.2) is 27.2 Å². The SMILES string of the molecule is Cc1ncsc1C(=O)N1CCCC[C@@H]1c1ccc2c(=O)n(C)c(=O)n(C)c2n1. The predicted octanol–water partition coefficient (Wildman–Crippen LogP) is 1.76. The van der Waals surface area contributed by atoms with Crippen LogP contribution in [0.4, 0.5) is 0 Å². The average molecular weight is 399 g/mol. The largest absolute Gasteiger partial charge is 0.332 e. The molecule has 1 saturated heterocycles. The summed E-state index contributed by atoms with van der Waals surface area (Å²) in [7, 11) is 3.06. The molecule has 0 radical (unpaired) electrons. The quantitative estimate of drug-likeness (QED) is 0.655. The molecule has 9 heteroatoms. The van der Waals surface area contributed by atoms with Gasteiger partial charge in [0.2, 0.25) is 0 Å². The molecule has 1 aliphatic heterocycles. The number of piperidine rings is 1. The van der Waals surface area contributed by atoms with Gasteiger partial charge in [0.15, 0.2) is 0 Å². The Morgan fingerprint density at radius 2 is 1.96 bits per heavy atom. The molecule has 0 aromatic carbocycles. The van der Waals surface area contributed by atoms with Crippen LogP contribution in [0, 0.1) is 6.92 Å². The fraction of sp³-hybridized carbons (Fsp3) is 0.421. The fourth-order valence-corrected chi connectivity index (χ4v) is 4.53. The summed E-state index contributed by atoms with van der Waals surface area (Å²) in [6, 6.07) is 3.31. The molecule has 146 valence electrons. The Labute approximate surface area is 165 Å². The number of aryl methyl sites for hydroxylation is 2. The number of amides is 1. The Kier molecular flexibility index (Phi) is 4.62. The average Bonchev–Trinajstić information content (AvgIpc) is 3.15. The van der Waals surface area contributed by atoms with Gasteiger partial charge in [-0.05, 0) is 38.3 Å². The van der Waals surface area contributed by atoms with Gasteiger partial charge in [0.1, 0.15) is 10.5 Å². The third-order valence-electron chi connectivity index (χ3n) is 5.37. The van der Waals surface area contributed by atoms with Crippen molar-refractivity contribution in [3.8, 4) is 0 Å². The van der Waals surface area contributed by atoms with E-state index in [1.54, 1.807) is 24.7 Å². The summed E-state index contributed by atoms with van der Waals surface area (Å²) in [5.41, 5.74) is 2.68. The van der Waals surface area contributed by atoms with Crippen LogP contribution in [0.25, 0.3) is 11.0 Å². The van der Waals surface area contributed by atoms with Gasteiger partial charge in [-0.15, -0.1) is 11.3 Å². The second-order valence-corrected chi connectivity index (χ2v) is 7.94. The lowest BCUT2D eigenvalue weighted by Crippen LogP contribution is -2.40. The molecule has 1 aliphatic rings. The lowest BCUT2D eigenvalue weighted by Gasteiger charge is -2.35. The second kappa shape index (κ2) is 6.97. The summed E-state index contributed by atoms with van der Waals surface area (Å²) < 4.78 is 2.45. The van der Waals surface area contributed by atoms with E-state index in [4.69, 9.17) is 0 Å². The number of aromatic nitrogens is 4. The number of carbonyl (C=O) groups excluding carboxylic acids is 1. The highest BCUT2D eigenvalue weighted by Gasteiger charge is 2.31. The Morgan fingerprint density at radius 3 is 2.68 bits per heavy atom. The van der Waals surface area contributed by atoms with Crippen molar-refractivity contribution >= 4 is 28.3 Å². The van der Waals surface area contributed by atoms with Crippen molar-refractivity contribution in [1.82, 2.24) is 24.0 Å². The molecule has 3 aromatic rings. The summed E-state index contributed by atoms with van der Waals surface area (Å²) in [5, 5.41) is 0.389. The highest BCUT2D eigenvalue weighted by molar-refractivity contribution is 7.11. The third kappa shape index (κ3) is 2.86. The molecule has 0 spiro atoms. The number of rotatable bonds is 2. The molecule has 4 heterocycles. The first-order chi connectivity index (χ1) is 13.4. The van der Waals surface area contributed by atoms with Crippen molar-refractivity contribution in [2.24, 2.45) is 14.1 Å². The second-order valence-electron chi connectivity index (χ2n) is 7.09. The van der Waals surface area contributed by atoms with E-state index in [1.807, 2.05) is 11.8 Å². The van der Waals surface area contributed by atoms with Gasteiger partial charge < -0.3 is 4.90 Å². The monoisotopic (exact) mass is 399 g/mol. The molecule has 1 amide bonds. The fourth-order valence-electron chi connectivity index (χ4n) is 3.77. The number of carbonyl (C=O) groups is 1. The maximum Gasteiger partial charge on any atom is 0.332 e. The number of likely N-dealkylation sites (tertiary alicyclic amines) is 1. The van der Waals surface area contributed by atoms with Crippen molar-refractivity contribution in [3.63, 3.8) is 0 Å². The lowest BCUT2D eigenvalue weighted by atomic mass is 9.98. The van der Waals surface area contributed by atoms with Crippen molar-refractivity contribution in [2.75, 3.05) is 6.54 Å². The molecule has 1 atom stereocenters. The zero-order valence-corrected chi connectivity index (χ0v) is 16.8. The number of hydrogen-bond acceptors (Lipinski definition) is 6. The zero-order chi connectivity index (χ0) is 20.0. The standard InChI is InChI=1S/C19H21N5O3S/c1-11-15(28-10-20-11)18(26)24-9-5-4-6-14(24)13-8-7-12-16(21-13)22(2)19(27)23(3)17(12)25/h7-8,10,14H,4-6,9H2,1-3H3/t14-/m1/s1. The van der Waals surface area contributed by atoms with E-state index in [1.165, 1.54) is 23.0 Å². The van der Waals surface area contributed by atoms with Crippen molar-refractivity contribution < 1.29 is 4.79 Å². The molecule has 0 unspecified atom stereocenters. The Balaban J connectivity index is 1.81. The normalized spacial score (nSPS) is 17.2. The first-order valence-corrected chi connectivity index (χ1v) is 10.1. The Morgan fingerprint density at radius 1 is 1.18 bits per heavy atom. The van der Waals surface area contributed by atoms with Gasteiger partial charge in [0, 0.05) is 20.6 Å². The van der Waals surface area contributed by atoms with Gasteiger partial charge in [0.05, 0.1) is 28.3 Å². The van der Waals surface area contributed by atoms with Crippen molar-refractivity contribution in [1.29, 1.82) is 0 Å². The molecular weight excluding hydrogens is 378 g/mol. The number of hydrogen-bond donors (Lipinski definition) is 0. The smallest absolute Gasteiger partial charge is 0.329 e. The van der Waals surface area contributed by atoms with Gasteiger partial charge in [-0.3, -0.25) is 18.7 Å². The molecule has 0 N–H and O–H groups in total. The topological polar surface area (TPSA) is 90.1 Å². The van der Waals surface area contributed by atoms with Gasteiger partial charge in [0.25, 0.3) is 11.5 Å². The van der Waals surface area contributed by atoms with Gasteiger partial charge in [-0.2, -0.15) is 0 Å². The summed E-state index contributed by atoms with van der Waals surface area (Å²) in [6.45, 7) is 2.48. The molecule has 4 rings (SSSR count). The molecule has 8 nitrogen and oxygen atoms in total. The van der Waals surface area contributed by atoms with E-state index < -0.39 is 5.69 Å².